The summed E-state index contributed by atoms with van der Waals surface area (Å²) in [5, 5.41) is 11.9. The lowest BCUT2D eigenvalue weighted by molar-refractivity contribution is -0.178. The number of ether oxygens (including phenoxy) is 3. The van der Waals surface area contributed by atoms with Gasteiger partial charge in [0.05, 0.1) is 6.61 Å². The fourth-order valence-electron chi connectivity index (χ4n) is 4.84. The summed E-state index contributed by atoms with van der Waals surface area (Å²) in [6.07, 6.45) is 1.11. The van der Waals surface area contributed by atoms with Crippen LogP contribution in [0.2, 0.25) is 0 Å². The maximum Gasteiger partial charge on any atom is 0.164 e. The van der Waals surface area contributed by atoms with Crippen molar-refractivity contribution in [3.05, 3.63) is 117 Å². The summed E-state index contributed by atoms with van der Waals surface area (Å²) in [6, 6.07) is 30.5. The molecule has 5 heteroatoms. The lowest BCUT2D eigenvalue weighted by Crippen LogP contribution is -2.50. The second-order valence-corrected chi connectivity index (χ2v) is 10.2. The highest BCUT2D eigenvalue weighted by Gasteiger charge is 2.58. The summed E-state index contributed by atoms with van der Waals surface area (Å²) < 4.78 is 19.8. The Morgan fingerprint density at radius 2 is 1.27 bits per heavy atom. The number of rotatable bonds is 6. The summed E-state index contributed by atoms with van der Waals surface area (Å²) in [4.78, 5) is 0. The fourth-order valence-corrected chi connectivity index (χ4v) is 5.66. The molecule has 1 saturated heterocycles. The van der Waals surface area contributed by atoms with Crippen molar-refractivity contribution in [3.63, 3.8) is 0 Å². The molecule has 0 radical (unpaired) electrons. The van der Waals surface area contributed by atoms with Crippen molar-refractivity contribution in [1.29, 1.82) is 0 Å². The van der Waals surface area contributed by atoms with Crippen LogP contribution >= 0.6 is 22.6 Å². The first-order chi connectivity index (χ1) is 15.9. The van der Waals surface area contributed by atoms with Gasteiger partial charge in [-0.05, 0) is 59.2 Å². The summed E-state index contributed by atoms with van der Waals surface area (Å²) in [7, 11) is 0. The molecule has 0 aromatic heterocycles. The maximum atomic E-state index is 11.9. The molecule has 1 N–H and O–H groups in total. The van der Waals surface area contributed by atoms with Gasteiger partial charge in [0.1, 0.15) is 23.4 Å². The molecular formula is C28H27IO4. The van der Waals surface area contributed by atoms with Gasteiger partial charge in [-0.3, -0.25) is 0 Å². The highest BCUT2D eigenvalue weighted by molar-refractivity contribution is 14.1. The molecule has 0 amide bonds. The van der Waals surface area contributed by atoms with Gasteiger partial charge in [-0.25, -0.2) is 0 Å². The predicted molar refractivity (Wildman–Crippen MR) is 136 cm³/mol. The van der Waals surface area contributed by atoms with Crippen LogP contribution in [0.4, 0.5) is 0 Å². The van der Waals surface area contributed by atoms with Gasteiger partial charge in [-0.2, -0.15) is 0 Å². The molecule has 4 nitrogen and oxygen atoms in total. The molecule has 1 heterocycles. The smallest absolute Gasteiger partial charge is 0.164 e. The number of fused-ring (bicyclic) bond motifs is 1. The standard InChI is InChI=1S/C28H27IO4/c1-26(2)32-23-18-24(29)27(30,25(23)33-26)19-31-28(20-12-6-3-7-13-20,21-14-8-4-9-15-21)22-16-10-5-11-17-22/h3-18,23,25,30H,19H2,1-2H3/t23?,25?,27-/m0/s1. The van der Waals surface area contributed by atoms with Crippen molar-refractivity contribution in [2.24, 2.45) is 0 Å². The van der Waals surface area contributed by atoms with Crippen LogP contribution in [0.3, 0.4) is 0 Å². The predicted octanol–water partition coefficient (Wildman–Crippen LogP) is 5.58. The topological polar surface area (TPSA) is 47.9 Å². The molecular weight excluding hydrogens is 527 g/mol. The zero-order chi connectivity index (χ0) is 23.1. The lowest BCUT2D eigenvalue weighted by Gasteiger charge is -2.39. The number of aliphatic hydroxyl groups is 1. The van der Waals surface area contributed by atoms with Crippen LogP contribution in [0.25, 0.3) is 0 Å². The van der Waals surface area contributed by atoms with E-state index in [1.165, 1.54) is 0 Å². The van der Waals surface area contributed by atoms with E-state index in [0.717, 1.165) is 20.3 Å². The van der Waals surface area contributed by atoms with E-state index in [4.69, 9.17) is 14.2 Å². The van der Waals surface area contributed by atoms with Crippen LogP contribution in [-0.4, -0.2) is 35.3 Å². The van der Waals surface area contributed by atoms with Crippen molar-refractivity contribution in [2.75, 3.05) is 6.61 Å². The van der Waals surface area contributed by atoms with Gasteiger partial charge in [0.2, 0.25) is 0 Å². The molecule has 1 fully saturated rings. The van der Waals surface area contributed by atoms with E-state index in [1.807, 2.05) is 74.5 Å². The molecule has 0 spiro atoms. The average molecular weight is 554 g/mol. The van der Waals surface area contributed by atoms with E-state index < -0.39 is 23.1 Å². The Morgan fingerprint density at radius 1 is 0.818 bits per heavy atom. The fraction of sp³-hybridized carbons (Fsp3) is 0.286. The monoisotopic (exact) mass is 554 g/mol. The molecule has 3 aromatic rings. The summed E-state index contributed by atoms with van der Waals surface area (Å²) in [5.41, 5.74) is 0.738. The summed E-state index contributed by atoms with van der Waals surface area (Å²) in [5.74, 6) is -0.757. The van der Waals surface area contributed by atoms with Gasteiger partial charge < -0.3 is 19.3 Å². The van der Waals surface area contributed by atoms with Gasteiger partial charge in [0, 0.05) is 3.58 Å². The first-order valence-corrected chi connectivity index (χ1v) is 12.2. The van der Waals surface area contributed by atoms with Crippen LogP contribution in [0.15, 0.2) is 101 Å². The highest BCUT2D eigenvalue weighted by atomic mass is 127. The molecule has 0 bridgehead atoms. The molecule has 33 heavy (non-hydrogen) atoms. The number of halogens is 1. The molecule has 5 rings (SSSR count). The molecule has 0 saturated carbocycles. The summed E-state index contributed by atoms with van der Waals surface area (Å²) >= 11 is 2.18. The Bertz CT molecular complexity index is 1030. The van der Waals surface area contributed by atoms with E-state index in [2.05, 4.69) is 59.0 Å². The van der Waals surface area contributed by atoms with Gasteiger partial charge in [0.25, 0.3) is 0 Å². The molecule has 2 unspecified atom stereocenters. The molecule has 1 aliphatic heterocycles. The minimum atomic E-state index is -1.32. The first kappa shape index (κ1) is 22.7. The Kier molecular flexibility index (Phi) is 5.95. The van der Waals surface area contributed by atoms with Crippen LogP contribution in [0.5, 0.6) is 0 Å². The van der Waals surface area contributed by atoms with Crippen LogP contribution < -0.4 is 0 Å². The first-order valence-electron chi connectivity index (χ1n) is 11.1. The van der Waals surface area contributed by atoms with E-state index in [9.17, 15) is 5.11 Å². The second-order valence-electron chi connectivity index (χ2n) is 9.03. The van der Waals surface area contributed by atoms with Gasteiger partial charge in [-0.1, -0.05) is 91.0 Å². The van der Waals surface area contributed by atoms with Crippen LogP contribution in [0, 0.1) is 0 Å². The van der Waals surface area contributed by atoms with Gasteiger partial charge >= 0.3 is 0 Å². The average Bonchev–Trinajstić information content (AvgIpc) is 3.26. The third-order valence-corrected chi connectivity index (χ3v) is 7.67. The molecule has 1 aliphatic carbocycles. The Balaban J connectivity index is 1.61. The Labute approximate surface area is 208 Å². The Hall–Kier alpha value is -2.03. The third kappa shape index (κ3) is 3.96. The quantitative estimate of drug-likeness (QED) is 0.320. The van der Waals surface area contributed by atoms with Gasteiger partial charge in [-0.15, -0.1) is 0 Å². The van der Waals surface area contributed by atoms with Gasteiger partial charge in [0.15, 0.2) is 5.79 Å². The minimum absolute atomic E-state index is 0.0427. The normalized spacial score (nSPS) is 26.1. The number of hydrogen-bond donors (Lipinski definition) is 1. The van der Waals surface area contributed by atoms with Crippen molar-refractivity contribution in [3.8, 4) is 0 Å². The number of hydrogen-bond acceptors (Lipinski definition) is 4. The zero-order valence-corrected chi connectivity index (χ0v) is 20.8. The second kappa shape index (κ2) is 8.64. The van der Waals surface area contributed by atoms with E-state index in [1.54, 1.807) is 0 Å². The van der Waals surface area contributed by atoms with E-state index in [0.29, 0.717) is 0 Å². The van der Waals surface area contributed by atoms with Crippen molar-refractivity contribution in [2.45, 2.75) is 43.0 Å². The third-order valence-electron chi connectivity index (χ3n) is 6.37. The zero-order valence-electron chi connectivity index (χ0n) is 18.6. The summed E-state index contributed by atoms with van der Waals surface area (Å²) in [6.45, 7) is 3.78. The maximum absolute atomic E-state index is 11.9. The van der Waals surface area contributed by atoms with E-state index >= 15 is 0 Å². The van der Waals surface area contributed by atoms with Crippen molar-refractivity contribution >= 4 is 22.6 Å². The van der Waals surface area contributed by atoms with Crippen LogP contribution in [-0.2, 0) is 19.8 Å². The molecule has 170 valence electrons. The Morgan fingerprint density at radius 3 is 1.73 bits per heavy atom. The largest absolute Gasteiger partial charge is 0.379 e. The van der Waals surface area contributed by atoms with E-state index in [-0.39, 0.29) is 12.7 Å². The SMILES string of the molecule is CC1(C)OC2C=C(I)[C@@](O)(COC(c3ccccc3)(c3ccccc3)c3ccccc3)C2O1. The van der Waals surface area contributed by atoms with Crippen LogP contribution in [0.1, 0.15) is 30.5 Å². The minimum Gasteiger partial charge on any atom is -0.379 e. The molecule has 3 aromatic carbocycles. The number of benzene rings is 3. The van der Waals surface area contributed by atoms with Crippen molar-refractivity contribution < 1.29 is 19.3 Å². The van der Waals surface area contributed by atoms with Crippen molar-refractivity contribution in [1.82, 2.24) is 0 Å². The lowest BCUT2D eigenvalue weighted by atomic mass is 9.80. The molecule has 2 aliphatic rings. The molecule has 3 atom stereocenters. The highest BCUT2D eigenvalue weighted by Crippen LogP contribution is 2.48.